The summed E-state index contributed by atoms with van der Waals surface area (Å²) in [7, 11) is 0. The molecule has 0 saturated heterocycles. The lowest BCUT2D eigenvalue weighted by Gasteiger charge is -2.11. The highest BCUT2D eigenvalue weighted by molar-refractivity contribution is 7.99. The Hall–Kier alpha value is -1.10. The van der Waals surface area contributed by atoms with Crippen molar-refractivity contribution in [3.8, 4) is 0 Å². The van der Waals surface area contributed by atoms with Crippen LogP contribution in [0.1, 0.15) is 29.8 Å². The van der Waals surface area contributed by atoms with Crippen LogP contribution in [-0.4, -0.2) is 28.4 Å². The van der Waals surface area contributed by atoms with E-state index in [1.165, 1.54) is 6.42 Å². The fourth-order valence-electron chi connectivity index (χ4n) is 2.09. The van der Waals surface area contributed by atoms with Crippen LogP contribution in [-0.2, 0) is 0 Å². The van der Waals surface area contributed by atoms with E-state index in [0.29, 0.717) is 22.7 Å². The number of carbonyl (C=O) groups excluding carboxylic acids is 1. The molecule has 0 aliphatic heterocycles. The Bertz CT molecular complexity index is 377. The molecule has 0 aromatic carbocycles. The number of rotatable bonds is 3. The van der Waals surface area contributed by atoms with Gasteiger partial charge in [0, 0.05) is 23.2 Å². The molecule has 2 atom stereocenters. The van der Waals surface area contributed by atoms with Crippen molar-refractivity contribution in [1.82, 2.24) is 10.3 Å². The number of aromatic amines is 1. The van der Waals surface area contributed by atoms with Crippen LogP contribution in [0.25, 0.3) is 0 Å². The van der Waals surface area contributed by atoms with Gasteiger partial charge in [0.05, 0.1) is 0 Å². The number of thioether (sulfide) groups is 1. The SMILES string of the molecule is CSC1CCC(NC(=O)c2cc(N)c[nH]2)C1. The van der Waals surface area contributed by atoms with Crippen LogP contribution in [0.5, 0.6) is 0 Å². The van der Waals surface area contributed by atoms with Crippen molar-refractivity contribution < 1.29 is 4.79 Å². The molecule has 1 aromatic rings. The Labute approximate surface area is 99.4 Å². The van der Waals surface area contributed by atoms with Gasteiger partial charge in [0.2, 0.25) is 0 Å². The van der Waals surface area contributed by atoms with Crippen LogP contribution >= 0.6 is 11.8 Å². The number of H-pyrrole nitrogens is 1. The molecule has 0 spiro atoms. The minimum Gasteiger partial charge on any atom is -0.397 e. The monoisotopic (exact) mass is 239 g/mol. The number of nitrogen functional groups attached to an aromatic ring is 1. The second kappa shape index (κ2) is 4.82. The van der Waals surface area contributed by atoms with E-state index in [2.05, 4.69) is 16.6 Å². The first-order valence-corrected chi connectivity index (χ1v) is 6.75. The standard InChI is InChI=1S/C11H17N3OS/c1-16-9-3-2-8(5-9)14-11(15)10-4-7(12)6-13-10/h4,6,8-9,13H,2-3,5,12H2,1H3,(H,14,15). The topological polar surface area (TPSA) is 70.9 Å². The van der Waals surface area contributed by atoms with Crippen LogP contribution < -0.4 is 11.1 Å². The van der Waals surface area contributed by atoms with Crippen LogP contribution in [0.3, 0.4) is 0 Å². The van der Waals surface area contributed by atoms with Crippen LogP contribution in [0, 0.1) is 0 Å². The molecule has 1 amide bonds. The summed E-state index contributed by atoms with van der Waals surface area (Å²) in [6, 6.07) is 1.98. The molecule has 1 saturated carbocycles. The lowest BCUT2D eigenvalue weighted by atomic mass is 10.2. The zero-order chi connectivity index (χ0) is 11.5. The van der Waals surface area contributed by atoms with Gasteiger partial charge in [-0.1, -0.05) is 0 Å². The summed E-state index contributed by atoms with van der Waals surface area (Å²) in [6.07, 6.45) is 7.10. The second-order valence-corrected chi connectivity index (χ2v) is 5.33. The Morgan fingerprint density at radius 2 is 2.44 bits per heavy atom. The maximum Gasteiger partial charge on any atom is 0.267 e. The highest BCUT2D eigenvalue weighted by Crippen LogP contribution is 2.28. The molecule has 16 heavy (non-hydrogen) atoms. The third kappa shape index (κ3) is 2.52. The van der Waals surface area contributed by atoms with Gasteiger partial charge >= 0.3 is 0 Å². The summed E-state index contributed by atoms with van der Waals surface area (Å²) in [6.45, 7) is 0. The molecule has 88 valence electrons. The van der Waals surface area contributed by atoms with Crippen molar-refractivity contribution in [2.45, 2.75) is 30.6 Å². The summed E-state index contributed by atoms with van der Waals surface area (Å²) < 4.78 is 0. The number of nitrogens with one attached hydrogen (secondary N) is 2. The molecule has 2 rings (SSSR count). The van der Waals surface area contributed by atoms with Crippen molar-refractivity contribution in [3.63, 3.8) is 0 Å². The van der Waals surface area contributed by atoms with E-state index in [0.717, 1.165) is 12.8 Å². The first-order chi connectivity index (χ1) is 7.69. The number of hydrogen-bond acceptors (Lipinski definition) is 3. The summed E-state index contributed by atoms with van der Waals surface area (Å²) in [5, 5.41) is 3.73. The molecule has 1 heterocycles. The molecule has 4 nitrogen and oxygen atoms in total. The third-order valence-electron chi connectivity index (χ3n) is 3.00. The van der Waals surface area contributed by atoms with E-state index >= 15 is 0 Å². The number of amides is 1. The summed E-state index contributed by atoms with van der Waals surface area (Å²) in [5.74, 6) is -0.0524. The molecule has 1 aliphatic rings. The maximum absolute atomic E-state index is 11.8. The highest BCUT2D eigenvalue weighted by atomic mass is 32.2. The van der Waals surface area contributed by atoms with Gasteiger partial charge in [0.25, 0.3) is 5.91 Å². The van der Waals surface area contributed by atoms with Crippen molar-refractivity contribution in [3.05, 3.63) is 18.0 Å². The molecule has 0 radical (unpaired) electrons. The van der Waals surface area contributed by atoms with Crippen molar-refractivity contribution >= 4 is 23.4 Å². The Balaban J connectivity index is 1.89. The molecule has 4 N–H and O–H groups in total. The Kier molecular flexibility index (Phi) is 3.43. The zero-order valence-corrected chi connectivity index (χ0v) is 10.1. The molecule has 1 aliphatic carbocycles. The van der Waals surface area contributed by atoms with Gasteiger partial charge in [-0.2, -0.15) is 11.8 Å². The predicted octanol–water partition coefficient (Wildman–Crippen LogP) is 1.61. The van der Waals surface area contributed by atoms with Gasteiger partial charge < -0.3 is 16.0 Å². The lowest BCUT2D eigenvalue weighted by molar-refractivity contribution is 0.0933. The van der Waals surface area contributed by atoms with Gasteiger partial charge in [-0.15, -0.1) is 0 Å². The first-order valence-electron chi connectivity index (χ1n) is 5.46. The normalized spacial score (nSPS) is 24.6. The molecule has 5 heteroatoms. The minimum absolute atomic E-state index is 0.0524. The molecule has 1 aromatic heterocycles. The van der Waals surface area contributed by atoms with Gasteiger partial charge in [-0.3, -0.25) is 4.79 Å². The van der Waals surface area contributed by atoms with E-state index in [1.807, 2.05) is 11.8 Å². The first kappa shape index (κ1) is 11.4. The fraction of sp³-hybridized carbons (Fsp3) is 0.545. The lowest BCUT2D eigenvalue weighted by Crippen LogP contribution is -2.33. The number of hydrogen-bond donors (Lipinski definition) is 3. The summed E-state index contributed by atoms with van der Waals surface area (Å²) in [4.78, 5) is 14.7. The van der Waals surface area contributed by atoms with Gasteiger partial charge in [0.1, 0.15) is 5.69 Å². The largest absolute Gasteiger partial charge is 0.397 e. The van der Waals surface area contributed by atoms with Crippen LogP contribution in [0.15, 0.2) is 12.3 Å². The highest BCUT2D eigenvalue weighted by Gasteiger charge is 2.25. The summed E-state index contributed by atoms with van der Waals surface area (Å²) >= 11 is 1.88. The maximum atomic E-state index is 11.8. The zero-order valence-electron chi connectivity index (χ0n) is 9.32. The van der Waals surface area contributed by atoms with E-state index < -0.39 is 0 Å². The Morgan fingerprint density at radius 1 is 1.62 bits per heavy atom. The molecule has 2 unspecified atom stereocenters. The van der Waals surface area contributed by atoms with Crippen LogP contribution in [0.2, 0.25) is 0 Å². The summed E-state index contributed by atoms with van der Waals surface area (Å²) in [5.41, 5.74) is 6.70. The number of anilines is 1. The van der Waals surface area contributed by atoms with Gasteiger partial charge in [-0.05, 0) is 31.6 Å². The van der Waals surface area contributed by atoms with Crippen molar-refractivity contribution in [2.75, 3.05) is 12.0 Å². The second-order valence-electron chi connectivity index (χ2n) is 4.19. The Morgan fingerprint density at radius 3 is 3.00 bits per heavy atom. The third-order valence-corrected chi connectivity index (χ3v) is 4.10. The van der Waals surface area contributed by atoms with Gasteiger partial charge in [0.15, 0.2) is 0 Å². The van der Waals surface area contributed by atoms with Crippen LogP contribution in [0.4, 0.5) is 5.69 Å². The number of carbonyl (C=O) groups is 1. The molecule has 1 fully saturated rings. The van der Waals surface area contributed by atoms with Crippen molar-refractivity contribution in [1.29, 1.82) is 0 Å². The number of nitrogens with two attached hydrogens (primary N) is 1. The molecular weight excluding hydrogens is 222 g/mol. The van der Waals surface area contributed by atoms with E-state index in [1.54, 1.807) is 12.3 Å². The van der Waals surface area contributed by atoms with E-state index in [4.69, 9.17) is 5.73 Å². The smallest absolute Gasteiger partial charge is 0.267 e. The molecular formula is C11H17N3OS. The number of aromatic nitrogens is 1. The molecule has 0 bridgehead atoms. The van der Waals surface area contributed by atoms with Crippen molar-refractivity contribution in [2.24, 2.45) is 0 Å². The average Bonchev–Trinajstić information content (AvgIpc) is 2.87. The minimum atomic E-state index is -0.0524. The average molecular weight is 239 g/mol. The van der Waals surface area contributed by atoms with E-state index in [-0.39, 0.29) is 5.91 Å². The predicted molar refractivity (Wildman–Crippen MR) is 67.6 cm³/mol. The quantitative estimate of drug-likeness (QED) is 0.750. The van der Waals surface area contributed by atoms with Gasteiger partial charge in [-0.25, -0.2) is 0 Å². The van der Waals surface area contributed by atoms with E-state index in [9.17, 15) is 4.79 Å². The fourth-order valence-corrected chi connectivity index (χ4v) is 2.89.